The first-order chi connectivity index (χ1) is 13.4. The summed E-state index contributed by atoms with van der Waals surface area (Å²) in [5.74, 6) is 1.41. The van der Waals surface area contributed by atoms with Crippen LogP contribution in [-0.4, -0.2) is 12.7 Å². The quantitative estimate of drug-likeness (QED) is 0.479. The van der Waals surface area contributed by atoms with E-state index in [2.05, 4.69) is 83.1 Å². The summed E-state index contributed by atoms with van der Waals surface area (Å²) >= 11 is 0. The second-order valence-corrected chi connectivity index (χ2v) is 9.61. The van der Waals surface area contributed by atoms with Crippen LogP contribution < -0.4 is 0 Å². The van der Waals surface area contributed by atoms with E-state index in [0.717, 1.165) is 6.61 Å². The number of benzene rings is 2. The zero-order chi connectivity index (χ0) is 20.1. The highest BCUT2D eigenvalue weighted by Gasteiger charge is 2.23. The van der Waals surface area contributed by atoms with Crippen LogP contribution in [0, 0.1) is 5.92 Å². The van der Waals surface area contributed by atoms with Gasteiger partial charge in [-0.15, -0.1) is 0 Å². The minimum Gasteiger partial charge on any atom is -0.379 e. The summed E-state index contributed by atoms with van der Waals surface area (Å²) in [5.41, 5.74) is 5.80. The van der Waals surface area contributed by atoms with E-state index >= 15 is 0 Å². The number of hydrogen-bond acceptors (Lipinski definition) is 1. The molecule has 28 heavy (non-hydrogen) atoms. The molecule has 0 atom stereocenters. The maximum absolute atomic E-state index is 5.80. The highest BCUT2D eigenvalue weighted by molar-refractivity contribution is 5.64. The van der Waals surface area contributed by atoms with Crippen molar-refractivity contribution in [1.82, 2.24) is 0 Å². The summed E-state index contributed by atoms with van der Waals surface area (Å²) in [4.78, 5) is 0. The average molecular weight is 379 g/mol. The van der Waals surface area contributed by atoms with Crippen LogP contribution in [0.2, 0.25) is 0 Å². The van der Waals surface area contributed by atoms with Crippen LogP contribution in [-0.2, 0) is 10.2 Å². The summed E-state index contributed by atoms with van der Waals surface area (Å²) in [7, 11) is 0. The minimum atomic E-state index is 0.233. The standard InChI is InChI=1S/C27H38O/c1-6-28-26-17-13-24(14-18-26)22-9-7-21(8-10-22)23-11-15-25(16-12-23)27(4,5)19-20(2)3/h7-12,15-16,20,24,26H,6,13-14,17-19H2,1-5H3. The van der Waals surface area contributed by atoms with Crippen LogP contribution in [0.5, 0.6) is 0 Å². The van der Waals surface area contributed by atoms with Crippen molar-refractivity contribution >= 4 is 0 Å². The molecule has 0 aromatic heterocycles. The minimum absolute atomic E-state index is 0.233. The first kappa shape index (κ1) is 21.1. The highest BCUT2D eigenvalue weighted by Crippen LogP contribution is 2.35. The zero-order valence-electron chi connectivity index (χ0n) is 18.5. The molecule has 1 aliphatic carbocycles. The van der Waals surface area contributed by atoms with Gasteiger partial charge in [-0.25, -0.2) is 0 Å². The second-order valence-electron chi connectivity index (χ2n) is 9.61. The van der Waals surface area contributed by atoms with Crippen LogP contribution in [0.4, 0.5) is 0 Å². The third kappa shape index (κ3) is 5.26. The Morgan fingerprint density at radius 1 is 0.857 bits per heavy atom. The van der Waals surface area contributed by atoms with E-state index in [1.807, 2.05) is 0 Å². The fourth-order valence-corrected chi connectivity index (χ4v) is 5.00. The van der Waals surface area contributed by atoms with Crippen molar-refractivity contribution in [2.24, 2.45) is 5.92 Å². The summed E-state index contributed by atoms with van der Waals surface area (Å²) in [6, 6.07) is 18.5. The van der Waals surface area contributed by atoms with Crippen molar-refractivity contribution in [2.45, 2.75) is 84.2 Å². The van der Waals surface area contributed by atoms with Gasteiger partial charge in [-0.1, -0.05) is 76.2 Å². The van der Waals surface area contributed by atoms with Gasteiger partial charge in [0.1, 0.15) is 0 Å². The van der Waals surface area contributed by atoms with Gasteiger partial charge in [0, 0.05) is 6.61 Å². The maximum Gasteiger partial charge on any atom is 0.0575 e. The van der Waals surface area contributed by atoms with Gasteiger partial charge in [0.15, 0.2) is 0 Å². The van der Waals surface area contributed by atoms with E-state index in [9.17, 15) is 0 Å². The molecule has 0 radical (unpaired) electrons. The second kappa shape index (κ2) is 9.27. The molecule has 0 bridgehead atoms. The Bertz CT molecular complexity index is 716. The molecule has 0 aliphatic heterocycles. The number of rotatable bonds is 7. The molecule has 0 unspecified atom stereocenters. The van der Waals surface area contributed by atoms with E-state index < -0.39 is 0 Å². The molecule has 2 aromatic carbocycles. The van der Waals surface area contributed by atoms with Crippen molar-refractivity contribution in [3.8, 4) is 11.1 Å². The summed E-state index contributed by atoms with van der Waals surface area (Å²) in [6.07, 6.45) is 6.61. The average Bonchev–Trinajstić information content (AvgIpc) is 2.68. The highest BCUT2D eigenvalue weighted by atomic mass is 16.5. The molecule has 2 aromatic rings. The molecule has 1 aliphatic rings. The topological polar surface area (TPSA) is 9.23 Å². The molecule has 0 amide bonds. The smallest absolute Gasteiger partial charge is 0.0575 e. The summed E-state index contributed by atoms with van der Waals surface area (Å²) in [5, 5.41) is 0. The van der Waals surface area contributed by atoms with Crippen LogP contribution in [0.1, 0.15) is 83.8 Å². The molecular formula is C27H38O. The SMILES string of the molecule is CCOC1CCC(c2ccc(-c3ccc(C(C)(C)CC(C)C)cc3)cc2)CC1. The lowest BCUT2D eigenvalue weighted by Crippen LogP contribution is -2.20. The monoisotopic (exact) mass is 378 g/mol. The lowest BCUT2D eigenvalue weighted by atomic mass is 9.77. The van der Waals surface area contributed by atoms with Crippen molar-refractivity contribution in [1.29, 1.82) is 0 Å². The molecule has 0 spiro atoms. The van der Waals surface area contributed by atoms with Gasteiger partial charge >= 0.3 is 0 Å². The molecule has 0 saturated heterocycles. The maximum atomic E-state index is 5.80. The van der Waals surface area contributed by atoms with E-state index in [1.54, 1.807) is 0 Å². The van der Waals surface area contributed by atoms with Crippen molar-refractivity contribution in [3.63, 3.8) is 0 Å². The third-order valence-electron chi connectivity index (χ3n) is 6.38. The summed E-state index contributed by atoms with van der Waals surface area (Å²) < 4.78 is 5.80. The van der Waals surface area contributed by atoms with Crippen LogP contribution in [0.3, 0.4) is 0 Å². The number of ether oxygens (including phenoxy) is 1. The predicted octanol–water partition coefficient (Wildman–Crippen LogP) is 7.74. The molecule has 1 saturated carbocycles. The Hall–Kier alpha value is -1.60. The van der Waals surface area contributed by atoms with Gasteiger partial charge in [-0.05, 0) is 78.5 Å². The van der Waals surface area contributed by atoms with Crippen LogP contribution in [0.15, 0.2) is 48.5 Å². The first-order valence-corrected chi connectivity index (χ1v) is 11.2. The Kier molecular flexibility index (Phi) is 6.99. The normalized spacial score (nSPS) is 20.5. The Morgan fingerprint density at radius 2 is 1.39 bits per heavy atom. The molecule has 1 nitrogen and oxygen atoms in total. The largest absolute Gasteiger partial charge is 0.379 e. The molecule has 0 N–H and O–H groups in total. The van der Waals surface area contributed by atoms with Crippen molar-refractivity contribution < 1.29 is 4.74 Å². The van der Waals surface area contributed by atoms with Gasteiger partial charge in [0.2, 0.25) is 0 Å². The van der Waals surface area contributed by atoms with Gasteiger partial charge in [-0.3, -0.25) is 0 Å². The van der Waals surface area contributed by atoms with E-state index in [1.165, 1.54) is 54.4 Å². The molecule has 1 fully saturated rings. The fourth-order valence-electron chi connectivity index (χ4n) is 5.00. The fraction of sp³-hybridized carbons (Fsp3) is 0.556. The van der Waals surface area contributed by atoms with Gasteiger partial charge in [-0.2, -0.15) is 0 Å². The molecule has 3 rings (SSSR count). The lowest BCUT2D eigenvalue weighted by Gasteiger charge is -2.28. The van der Waals surface area contributed by atoms with Gasteiger partial charge in [0.25, 0.3) is 0 Å². The Morgan fingerprint density at radius 3 is 1.89 bits per heavy atom. The molecule has 0 heterocycles. The van der Waals surface area contributed by atoms with Gasteiger partial charge in [0.05, 0.1) is 6.10 Å². The Labute approximate surface area is 172 Å². The van der Waals surface area contributed by atoms with Crippen LogP contribution in [0.25, 0.3) is 11.1 Å². The Balaban J connectivity index is 1.65. The molecular weight excluding hydrogens is 340 g/mol. The van der Waals surface area contributed by atoms with E-state index in [-0.39, 0.29) is 5.41 Å². The predicted molar refractivity (Wildman–Crippen MR) is 121 cm³/mol. The lowest BCUT2D eigenvalue weighted by molar-refractivity contribution is 0.0328. The van der Waals surface area contributed by atoms with Crippen LogP contribution >= 0.6 is 0 Å². The van der Waals surface area contributed by atoms with E-state index in [0.29, 0.717) is 17.9 Å². The number of hydrogen-bond donors (Lipinski definition) is 0. The summed E-state index contributed by atoms with van der Waals surface area (Å²) in [6.45, 7) is 12.3. The zero-order valence-corrected chi connectivity index (χ0v) is 18.5. The van der Waals surface area contributed by atoms with Crippen molar-refractivity contribution in [3.05, 3.63) is 59.7 Å². The molecule has 152 valence electrons. The third-order valence-corrected chi connectivity index (χ3v) is 6.38. The first-order valence-electron chi connectivity index (χ1n) is 11.2. The van der Waals surface area contributed by atoms with E-state index in [4.69, 9.17) is 4.74 Å². The van der Waals surface area contributed by atoms with Crippen molar-refractivity contribution in [2.75, 3.05) is 6.61 Å². The van der Waals surface area contributed by atoms with Gasteiger partial charge < -0.3 is 4.74 Å². The molecule has 1 heteroatoms.